The average Bonchev–Trinajstić information content (AvgIpc) is 2.56. The van der Waals surface area contributed by atoms with E-state index in [0.29, 0.717) is 0 Å². The van der Waals surface area contributed by atoms with E-state index in [1.54, 1.807) is 6.92 Å². The molecule has 1 atom stereocenters. The zero-order chi connectivity index (χ0) is 16.8. The Hall–Kier alpha value is -2.10. The molecule has 4 heteroatoms. The molecule has 1 unspecified atom stereocenters. The fourth-order valence-electron chi connectivity index (χ4n) is 3.37. The van der Waals surface area contributed by atoms with Crippen LogP contribution in [0.25, 0.3) is 0 Å². The van der Waals surface area contributed by atoms with E-state index in [0.717, 1.165) is 32.4 Å². The average molecular weight is 314 g/mol. The molecule has 0 saturated carbocycles. The van der Waals surface area contributed by atoms with Crippen LogP contribution in [0.1, 0.15) is 32.3 Å². The summed E-state index contributed by atoms with van der Waals surface area (Å²) in [5, 5.41) is 0. The van der Waals surface area contributed by atoms with Gasteiger partial charge in [-0.15, -0.1) is 0 Å². The topological polar surface area (TPSA) is 40.6 Å². The number of nitrogens with zero attached hydrogens (tertiary/aromatic N) is 2. The number of hydrogen-bond donors (Lipinski definition) is 0. The first-order chi connectivity index (χ1) is 11.0. The fourth-order valence-corrected chi connectivity index (χ4v) is 3.37. The maximum absolute atomic E-state index is 12.4. The van der Waals surface area contributed by atoms with E-state index in [4.69, 9.17) is 0 Å². The van der Waals surface area contributed by atoms with Crippen LogP contribution >= 0.6 is 0 Å². The van der Waals surface area contributed by atoms with Crippen LogP contribution in [-0.2, 0) is 16.0 Å². The molecule has 1 aliphatic rings. The smallest absolute Gasteiger partial charge is 0.246 e. The van der Waals surface area contributed by atoms with Gasteiger partial charge in [-0.1, -0.05) is 36.9 Å². The molecule has 0 spiro atoms. The maximum atomic E-state index is 12.4. The zero-order valence-electron chi connectivity index (χ0n) is 14.1. The van der Waals surface area contributed by atoms with Gasteiger partial charge in [0.1, 0.15) is 0 Å². The second-order valence-corrected chi connectivity index (χ2v) is 6.23. The Morgan fingerprint density at radius 1 is 1.30 bits per heavy atom. The number of piperidine rings is 1. The van der Waals surface area contributed by atoms with Crippen LogP contribution < -0.4 is 0 Å². The van der Waals surface area contributed by atoms with Gasteiger partial charge in [0, 0.05) is 32.1 Å². The van der Waals surface area contributed by atoms with Gasteiger partial charge in [-0.25, -0.2) is 0 Å². The summed E-state index contributed by atoms with van der Waals surface area (Å²) in [6, 6.07) is 10.5. The maximum Gasteiger partial charge on any atom is 0.246 e. The van der Waals surface area contributed by atoms with Gasteiger partial charge in [0.2, 0.25) is 11.8 Å². The summed E-state index contributed by atoms with van der Waals surface area (Å²) in [6.07, 6.45) is 3.89. The van der Waals surface area contributed by atoms with Gasteiger partial charge in [-0.3, -0.25) is 9.59 Å². The van der Waals surface area contributed by atoms with E-state index in [9.17, 15) is 9.59 Å². The predicted molar refractivity (Wildman–Crippen MR) is 91.9 cm³/mol. The normalized spacial score (nSPS) is 16.7. The van der Waals surface area contributed by atoms with E-state index >= 15 is 0 Å². The van der Waals surface area contributed by atoms with Crippen molar-refractivity contribution in [2.24, 2.45) is 0 Å². The van der Waals surface area contributed by atoms with Gasteiger partial charge in [-0.05, 0) is 37.8 Å². The van der Waals surface area contributed by atoms with Crippen molar-refractivity contribution in [1.82, 2.24) is 9.80 Å². The highest BCUT2D eigenvalue weighted by molar-refractivity contribution is 5.87. The third kappa shape index (κ3) is 4.44. The molecule has 1 aromatic carbocycles. The molecular formula is C19H26N2O2. The number of benzene rings is 1. The second kappa shape index (κ2) is 7.95. The van der Waals surface area contributed by atoms with Crippen LogP contribution in [0.5, 0.6) is 0 Å². The number of hydrogen-bond acceptors (Lipinski definition) is 2. The van der Waals surface area contributed by atoms with Gasteiger partial charge in [-0.2, -0.15) is 0 Å². The summed E-state index contributed by atoms with van der Waals surface area (Å²) in [5.41, 5.74) is 1.23. The first-order valence-corrected chi connectivity index (χ1v) is 8.27. The lowest BCUT2D eigenvalue weighted by atomic mass is 9.98. The lowest BCUT2D eigenvalue weighted by Crippen LogP contribution is -2.51. The van der Waals surface area contributed by atoms with Gasteiger partial charge in [0.25, 0.3) is 0 Å². The summed E-state index contributed by atoms with van der Waals surface area (Å²) in [6.45, 7) is 8.79. The third-order valence-electron chi connectivity index (χ3n) is 4.58. The molecule has 0 aromatic heterocycles. The van der Waals surface area contributed by atoms with Crippen LogP contribution in [-0.4, -0.2) is 46.8 Å². The van der Waals surface area contributed by atoms with Crippen LogP contribution in [0.4, 0.5) is 0 Å². The highest BCUT2D eigenvalue weighted by Crippen LogP contribution is 2.21. The summed E-state index contributed by atoms with van der Waals surface area (Å²) in [4.78, 5) is 27.7. The molecule has 0 aliphatic carbocycles. The van der Waals surface area contributed by atoms with E-state index in [-0.39, 0.29) is 23.9 Å². The number of carbonyl (C=O) groups is 2. The Balaban J connectivity index is 2.06. The number of carbonyl (C=O) groups excluding carboxylic acids is 2. The van der Waals surface area contributed by atoms with Crippen LogP contribution in [0.2, 0.25) is 0 Å². The first-order valence-electron chi connectivity index (χ1n) is 8.27. The van der Waals surface area contributed by atoms with Crippen LogP contribution in [0.3, 0.4) is 0 Å². The highest BCUT2D eigenvalue weighted by Gasteiger charge is 2.30. The fraction of sp³-hybridized carbons (Fsp3) is 0.474. The Labute approximate surface area is 138 Å². The molecule has 2 rings (SSSR count). The van der Waals surface area contributed by atoms with Crippen molar-refractivity contribution in [2.75, 3.05) is 13.1 Å². The standard InChI is InChI=1S/C19H26N2O2/c1-4-19(23)21(15(2)14-17-8-6-5-7-9-17)18-10-12-20(13-11-18)16(3)22/h4-9,15,18H,1,10-14H2,2-3H3. The third-order valence-corrected chi connectivity index (χ3v) is 4.58. The SMILES string of the molecule is C=CC(=O)N(C(C)Cc1ccccc1)C1CCN(C(C)=O)CC1. The predicted octanol–water partition coefficient (Wildman–Crippen LogP) is 2.64. The molecule has 1 aromatic rings. The molecule has 1 fully saturated rings. The van der Waals surface area contributed by atoms with E-state index < -0.39 is 0 Å². The molecule has 0 bridgehead atoms. The molecule has 124 valence electrons. The largest absolute Gasteiger partial charge is 0.343 e. The summed E-state index contributed by atoms with van der Waals surface area (Å²) >= 11 is 0. The second-order valence-electron chi connectivity index (χ2n) is 6.23. The van der Waals surface area contributed by atoms with Crippen molar-refractivity contribution in [3.63, 3.8) is 0 Å². The summed E-state index contributed by atoms with van der Waals surface area (Å²) < 4.78 is 0. The molecule has 0 N–H and O–H groups in total. The van der Waals surface area contributed by atoms with Crippen LogP contribution in [0, 0.1) is 0 Å². The number of rotatable bonds is 5. The minimum atomic E-state index is -0.0188. The van der Waals surface area contributed by atoms with Crippen molar-refractivity contribution in [3.05, 3.63) is 48.6 Å². The number of amides is 2. The molecule has 1 saturated heterocycles. The van der Waals surface area contributed by atoms with Crippen molar-refractivity contribution < 1.29 is 9.59 Å². The Bertz CT molecular complexity index is 548. The number of likely N-dealkylation sites (tertiary alicyclic amines) is 1. The Morgan fingerprint density at radius 2 is 1.91 bits per heavy atom. The van der Waals surface area contributed by atoms with Gasteiger partial charge in [0.05, 0.1) is 0 Å². The van der Waals surface area contributed by atoms with Gasteiger partial charge >= 0.3 is 0 Å². The molecule has 1 aliphatic heterocycles. The molecular weight excluding hydrogens is 288 g/mol. The quantitative estimate of drug-likeness (QED) is 0.784. The van der Waals surface area contributed by atoms with Crippen LogP contribution in [0.15, 0.2) is 43.0 Å². The lowest BCUT2D eigenvalue weighted by Gasteiger charge is -2.41. The minimum Gasteiger partial charge on any atom is -0.343 e. The van der Waals surface area contributed by atoms with Gasteiger partial charge < -0.3 is 9.80 Å². The van der Waals surface area contributed by atoms with Gasteiger partial charge in [0.15, 0.2) is 0 Å². The van der Waals surface area contributed by atoms with E-state index in [1.807, 2.05) is 28.0 Å². The summed E-state index contributed by atoms with van der Waals surface area (Å²) in [5.74, 6) is 0.0945. The molecule has 1 heterocycles. The molecule has 0 radical (unpaired) electrons. The molecule has 2 amide bonds. The minimum absolute atomic E-state index is 0.0188. The van der Waals surface area contributed by atoms with Crippen molar-refractivity contribution in [2.45, 2.75) is 45.2 Å². The summed E-state index contributed by atoms with van der Waals surface area (Å²) in [7, 11) is 0. The zero-order valence-corrected chi connectivity index (χ0v) is 14.1. The van der Waals surface area contributed by atoms with Crippen molar-refractivity contribution in [3.8, 4) is 0 Å². The molecule has 23 heavy (non-hydrogen) atoms. The highest BCUT2D eigenvalue weighted by atomic mass is 16.2. The van der Waals surface area contributed by atoms with E-state index in [2.05, 4.69) is 25.6 Å². The van der Waals surface area contributed by atoms with Crippen molar-refractivity contribution in [1.29, 1.82) is 0 Å². The monoisotopic (exact) mass is 314 g/mol. The first kappa shape index (κ1) is 17.3. The molecule has 4 nitrogen and oxygen atoms in total. The lowest BCUT2D eigenvalue weighted by molar-refractivity contribution is -0.134. The Kier molecular flexibility index (Phi) is 5.97. The Morgan fingerprint density at radius 3 is 2.43 bits per heavy atom. The van der Waals surface area contributed by atoms with E-state index in [1.165, 1.54) is 11.6 Å². The van der Waals surface area contributed by atoms with Crippen molar-refractivity contribution >= 4 is 11.8 Å².